The summed E-state index contributed by atoms with van der Waals surface area (Å²) in [6.45, 7) is 2.98. The van der Waals surface area contributed by atoms with Gasteiger partial charge in [0.1, 0.15) is 12.2 Å². The van der Waals surface area contributed by atoms with Crippen molar-refractivity contribution in [2.45, 2.75) is 38.8 Å². The molecule has 1 aliphatic rings. The summed E-state index contributed by atoms with van der Waals surface area (Å²) in [6.07, 6.45) is 5.04. The van der Waals surface area contributed by atoms with E-state index in [4.69, 9.17) is 5.73 Å². The first-order chi connectivity index (χ1) is 6.31. The molecule has 1 aromatic rings. The number of aryl methyl sites for hydroxylation is 1. The standard InChI is InChI=1S/C9H16N4/c1-2-13-9(11-6-12-13)5-7-3-4-8(7)10/h6-8H,2-5,10H2,1H3. The van der Waals surface area contributed by atoms with E-state index >= 15 is 0 Å². The summed E-state index contributed by atoms with van der Waals surface area (Å²) in [6, 6.07) is 0.391. The van der Waals surface area contributed by atoms with Gasteiger partial charge < -0.3 is 5.73 Å². The molecule has 1 aromatic heterocycles. The van der Waals surface area contributed by atoms with E-state index in [-0.39, 0.29) is 0 Å². The van der Waals surface area contributed by atoms with Crippen molar-refractivity contribution in [3.05, 3.63) is 12.2 Å². The highest BCUT2D eigenvalue weighted by atomic mass is 15.3. The van der Waals surface area contributed by atoms with Gasteiger partial charge >= 0.3 is 0 Å². The smallest absolute Gasteiger partial charge is 0.138 e. The highest BCUT2D eigenvalue weighted by Crippen LogP contribution is 2.28. The predicted octanol–water partition coefficient (Wildman–Crippen LogP) is 0.578. The summed E-state index contributed by atoms with van der Waals surface area (Å²) in [4.78, 5) is 4.24. The van der Waals surface area contributed by atoms with Gasteiger partial charge in [0.05, 0.1) is 0 Å². The average Bonchev–Trinajstić information content (AvgIpc) is 2.58. The Hall–Kier alpha value is -0.900. The van der Waals surface area contributed by atoms with Crippen LogP contribution in [0.1, 0.15) is 25.6 Å². The van der Waals surface area contributed by atoms with Crippen LogP contribution in [0.25, 0.3) is 0 Å². The van der Waals surface area contributed by atoms with Gasteiger partial charge in [-0.05, 0) is 25.7 Å². The molecule has 2 rings (SSSR count). The number of aromatic nitrogens is 3. The molecule has 0 saturated heterocycles. The summed E-state index contributed by atoms with van der Waals surface area (Å²) in [5.74, 6) is 1.72. The summed E-state index contributed by atoms with van der Waals surface area (Å²) < 4.78 is 1.95. The van der Waals surface area contributed by atoms with E-state index in [1.807, 2.05) is 4.68 Å². The van der Waals surface area contributed by atoms with E-state index in [1.54, 1.807) is 6.33 Å². The Morgan fingerprint density at radius 1 is 1.62 bits per heavy atom. The van der Waals surface area contributed by atoms with Crippen LogP contribution < -0.4 is 5.73 Å². The molecule has 13 heavy (non-hydrogen) atoms. The molecule has 1 saturated carbocycles. The van der Waals surface area contributed by atoms with Crippen molar-refractivity contribution in [2.24, 2.45) is 11.7 Å². The lowest BCUT2D eigenvalue weighted by Crippen LogP contribution is -2.40. The number of rotatable bonds is 3. The van der Waals surface area contributed by atoms with Crippen LogP contribution in [0.3, 0.4) is 0 Å². The van der Waals surface area contributed by atoms with Gasteiger partial charge in [0.2, 0.25) is 0 Å². The van der Waals surface area contributed by atoms with E-state index in [9.17, 15) is 0 Å². The van der Waals surface area contributed by atoms with E-state index in [2.05, 4.69) is 17.0 Å². The Kier molecular flexibility index (Phi) is 2.31. The largest absolute Gasteiger partial charge is 0.327 e. The topological polar surface area (TPSA) is 56.7 Å². The highest BCUT2D eigenvalue weighted by Gasteiger charge is 2.28. The van der Waals surface area contributed by atoms with Crippen molar-refractivity contribution in [1.29, 1.82) is 0 Å². The third kappa shape index (κ3) is 1.58. The fourth-order valence-electron chi connectivity index (χ4n) is 1.79. The van der Waals surface area contributed by atoms with Crippen LogP contribution in [0.15, 0.2) is 6.33 Å². The molecule has 2 N–H and O–H groups in total. The summed E-state index contributed by atoms with van der Waals surface area (Å²) in [7, 11) is 0. The summed E-state index contributed by atoms with van der Waals surface area (Å²) in [5.41, 5.74) is 5.87. The second-order valence-corrected chi connectivity index (χ2v) is 3.70. The van der Waals surface area contributed by atoms with Crippen molar-refractivity contribution in [2.75, 3.05) is 0 Å². The van der Waals surface area contributed by atoms with E-state index < -0.39 is 0 Å². The predicted molar refractivity (Wildman–Crippen MR) is 50.1 cm³/mol. The van der Waals surface area contributed by atoms with E-state index in [1.165, 1.54) is 12.8 Å². The Bertz CT molecular complexity index is 281. The van der Waals surface area contributed by atoms with Gasteiger partial charge in [0.25, 0.3) is 0 Å². The van der Waals surface area contributed by atoms with Crippen LogP contribution >= 0.6 is 0 Å². The molecule has 0 amide bonds. The monoisotopic (exact) mass is 180 g/mol. The molecule has 1 heterocycles. The molecule has 0 aliphatic heterocycles. The zero-order chi connectivity index (χ0) is 9.26. The number of nitrogens with two attached hydrogens (primary N) is 1. The molecular weight excluding hydrogens is 164 g/mol. The minimum absolute atomic E-state index is 0.391. The summed E-state index contributed by atoms with van der Waals surface area (Å²) >= 11 is 0. The van der Waals surface area contributed by atoms with Crippen LogP contribution in [-0.2, 0) is 13.0 Å². The quantitative estimate of drug-likeness (QED) is 0.740. The van der Waals surface area contributed by atoms with Crippen LogP contribution in [0.2, 0.25) is 0 Å². The third-order valence-electron chi connectivity index (χ3n) is 2.92. The molecule has 4 nitrogen and oxygen atoms in total. The molecule has 2 atom stereocenters. The molecule has 0 radical (unpaired) electrons. The van der Waals surface area contributed by atoms with Crippen LogP contribution in [0.4, 0.5) is 0 Å². The fourth-order valence-corrected chi connectivity index (χ4v) is 1.79. The lowest BCUT2D eigenvalue weighted by atomic mass is 9.78. The van der Waals surface area contributed by atoms with E-state index in [0.717, 1.165) is 18.8 Å². The van der Waals surface area contributed by atoms with Crippen molar-refractivity contribution in [3.8, 4) is 0 Å². The Morgan fingerprint density at radius 2 is 2.46 bits per heavy atom. The van der Waals surface area contributed by atoms with E-state index in [0.29, 0.717) is 12.0 Å². The Morgan fingerprint density at radius 3 is 3.00 bits per heavy atom. The molecule has 4 heteroatoms. The van der Waals surface area contributed by atoms with Gasteiger partial charge in [-0.2, -0.15) is 5.10 Å². The van der Waals surface area contributed by atoms with Crippen LogP contribution in [0.5, 0.6) is 0 Å². The SMILES string of the molecule is CCn1ncnc1CC1CCC1N. The third-order valence-corrected chi connectivity index (χ3v) is 2.92. The zero-order valence-corrected chi connectivity index (χ0v) is 7.98. The van der Waals surface area contributed by atoms with Gasteiger partial charge in [-0.1, -0.05) is 0 Å². The highest BCUT2D eigenvalue weighted by molar-refractivity contribution is 4.94. The van der Waals surface area contributed by atoms with Crippen molar-refractivity contribution >= 4 is 0 Å². The fraction of sp³-hybridized carbons (Fsp3) is 0.778. The lowest BCUT2D eigenvalue weighted by molar-refractivity contribution is 0.249. The van der Waals surface area contributed by atoms with Gasteiger partial charge in [0, 0.05) is 19.0 Å². The normalized spacial score (nSPS) is 27.2. The second-order valence-electron chi connectivity index (χ2n) is 3.70. The molecule has 1 fully saturated rings. The number of nitrogens with zero attached hydrogens (tertiary/aromatic N) is 3. The molecule has 0 bridgehead atoms. The van der Waals surface area contributed by atoms with Gasteiger partial charge in [0.15, 0.2) is 0 Å². The minimum atomic E-state index is 0.391. The first-order valence-corrected chi connectivity index (χ1v) is 4.93. The summed E-state index contributed by atoms with van der Waals surface area (Å²) in [5, 5.41) is 4.14. The minimum Gasteiger partial charge on any atom is -0.327 e. The molecule has 0 aromatic carbocycles. The maximum Gasteiger partial charge on any atom is 0.138 e. The van der Waals surface area contributed by atoms with Gasteiger partial charge in [-0.3, -0.25) is 4.68 Å². The van der Waals surface area contributed by atoms with Crippen LogP contribution in [0, 0.1) is 5.92 Å². The first-order valence-electron chi connectivity index (χ1n) is 4.93. The molecule has 0 spiro atoms. The Labute approximate surface area is 78.1 Å². The molecule has 72 valence electrons. The van der Waals surface area contributed by atoms with Crippen molar-refractivity contribution in [3.63, 3.8) is 0 Å². The Balaban J connectivity index is 2.00. The molecule has 1 aliphatic carbocycles. The van der Waals surface area contributed by atoms with Gasteiger partial charge in [-0.15, -0.1) is 0 Å². The first kappa shape index (κ1) is 8.69. The van der Waals surface area contributed by atoms with Crippen LogP contribution in [-0.4, -0.2) is 20.8 Å². The number of hydrogen-bond acceptors (Lipinski definition) is 3. The maximum atomic E-state index is 5.87. The maximum absolute atomic E-state index is 5.87. The lowest BCUT2D eigenvalue weighted by Gasteiger charge is -2.33. The molecular formula is C9H16N4. The second kappa shape index (κ2) is 3.46. The van der Waals surface area contributed by atoms with Crippen molar-refractivity contribution < 1.29 is 0 Å². The average molecular weight is 180 g/mol. The van der Waals surface area contributed by atoms with Gasteiger partial charge in [-0.25, -0.2) is 4.98 Å². The number of hydrogen-bond donors (Lipinski definition) is 1. The van der Waals surface area contributed by atoms with Crippen molar-refractivity contribution in [1.82, 2.24) is 14.8 Å². The molecule has 2 unspecified atom stereocenters. The zero-order valence-electron chi connectivity index (χ0n) is 7.98.